The zero-order valence-electron chi connectivity index (χ0n) is 18.7. The molecule has 8 nitrogen and oxygen atoms in total. The van der Waals surface area contributed by atoms with Gasteiger partial charge in [-0.25, -0.2) is 8.42 Å². The van der Waals surface area contributed by atoms with Gasteiger partial charge in [-0.3, -0.25) is 14.4 Å². The van der Waals surface area contributed by atoms with Crippen molar-refractivity contribution in [1.82, 2.24) is 0 Å². The third-order valence-corrected chi connectivity index (χ3v) is 8.60. The molecule has 1 saturated carbocycles. The maximum atomic E-state index is 13.3. The highest BCUT2D eigenvalue weighted by molar-refractivity contribution is 9.09. The van der Waals surface area contributed by atoms with Crippen molar-refractivity contribution < 1.29 is 37.0 Å². The second-order valence-electron chi connectivity index (χ2n) is 7.98. The van der Waals surface area contributed by atoms with Gasteiger partial charge in [0, 0.05) is 5.33 Å². The van der Waals surface area contributed by atoms with Crippen LogP contribution in [0.5, 0.6) is 0 Å². The van der Waals surface area contributed by atoms with Crippen LogP contribution >= 0.6 is 15.9 Å². The average molecular weight is 533 g/mol. The van der Waals surface area contributed by atoms with E-state index in [0.29, 0.717) is 0 Å². The largest absolute Gasteiger partial charge is 0.469 e. The Hall–Kier alpha value is -1.94. The summed E-state index contributed by atoms with van der Waals surface area (Å²) in [5.41, 5.74) is -2.57. The first-order valence-corrected chi connectivity index (χ1v) is 13.1. The number of sulfone groups is 1. The Bertz CT molecular complexity index is 939. The van der Waals surface area contributed by atoms with Crippen LogP contribution in [0.15, 0.2) is 29.2 Å². The monoisotopic (exact) mass is 532 g/mol. The molecule has 2 atom stereocenters. The Kier molecular flexibility index (Phi) is 8.50. The number of hydrogen-bond acceptors (Lipinski definition) is 8. The van der Waals surface area contributed by atoms with Crippen LogP contribution in [0, 0.1) is 23.7 Å². The van der Waals surface area contributed by atoms with Crippen molar-refractivity contribution in [3.8, 4) is 0 Å². The minimum absolute atomic E-state index is 0.0197. The maximum absolute atomic E-state index is 13.3. The Morgan fingerprint density at radius 1 is 1.03 bits per heavy atom. The summed E-state index contributed by atoms with van der Waals surface area (Å²) in [6, 6.07) is 6.26. The van der Waals surface area contributed by atoms with Crippen molar-refractivity contribution in [2.24, 2.45) is 16.7 Å². The van der Waals surface area contributed by atoms with Gasteiger partial charge in [0.05, 0.1) is 36.4 Å². The van der Waals surface area contributed by atoms with Crippen LogP contribution in [0.25, 0.3) is 0 Å². The molecule has 0 spiro atoms. The van der Waals surface area contributed by atoms with Crippen LogP contribution < -0.4 is 0 Å². The highest BCUT2D eigenvalue weighted by Gasteiger charge is 2.67. The minimum Gasteiger partial charge on any atom is -0.469 e. The van der Waals surface area contributed by atoms with E-state index in [2.05, 4.69) is 15.9 Å². The van der Waals surface area contributed by atoms with Crippen LogP contribution in [0.3, 0.4) is 0 Å². The molecule has 10 heteroatoms. The number of alkyl halides is 1. The molecular formula is C22H29BrO8S. The van der Waals surface area contributed by atoms with Gasteiger partial charge in [0.25, 0.3) is 0 Å². The average Bonchev–Trinajstić information content (AvgIpc) is 3.09. The summed E-state index contributed by atoms with van der Waals surface area (Å²) < 4.78 is 42.0. The molecule has 0 radical (unpaired) electrons. The van der Waals surface area contributed by atoms with Gasteiger partial charge in [-0.05, 0) is 51.7 Å². The second kappa shape index (κ2) is 10.3. The van der Waals surface area contributed by atoms with Gasteiger partial charge >= 0.3 is 17.9 Å². The Morgan fingerprint density at radius 2 is 1.56 bits per heavy atom. The van der Waals surface area contributed by atoms with Gasteiger partial charge in [0.2, 0.25) is 0 Å². The molecule has 1 aromatic carbocycles. The summed E-state index contributed by atoms with van der Waals surface area (Å²) in [4.78, 5) is 39.1. The van der Waals surface area contributed by atoms with Crippen molar-refractivity contribution >= 4 is 43.7 Å². The third kappa shape index (κ3) is 4.85. The molecule has 0 aliphatic heterocycles. The lowest BCUT2D eigenvalue weighted by Crippen LogP contribution is -2.45. The predicted octanol–water partition coefficient (Wildman–Crippen LogP) is 2.85. The van der Waals surface area contributed by atoms with E-state index in [1.165, 1.54) is 12.1 Å². The van der Waals surface area contributed by atoms with Crippen LogP contribution in [-0.2, 0) is 38.4 Å². The molecule has 178 valence electrons. The molecule has 0 bridgehead atoms. The van der Waals surface area contributed by atoms with E-state index >= 15 is 0 Å². The fourth-order valence-electron chi connectivity index (χ4n) is 4.34. The summed E-state index contributed by atoms with van der Waals surface area (Å²) in [6.07, 6.45) is -0.486. The molecule has 1 aromatic rings. The zero-order valence-corrected chi connectivity index (χ0v) is 21.1. The molecule has 0 unspecified atom stereocenters. The molecule has 0 aromatic heterocycles. The van der Waals surface area contributed by atoms with Gasteiger partial charge in [-0.2, -0.15) is 0 Å². The Labute approximate surface area is 197 Å². The van der Waals surface area contributed by atoms with E-state index in [9.17, 15) is 22.8 Å². The van der Waals surface area contributed by atoms with Crippen LogP contribution in [-0.4, -0.2) is 57.7 Å². The fourth-order valence-corrected chi connectivity index (χ4v) is 7.04. The molecule has 1 fully saturated rings. The van der Waals surface area contributed by atoms with Gasteiger partial charge in [0.15, 0.2) is 15.3 Å². The van der Waals surface area contributed by atoms with E-state index in [1.807, 2.05) is 6.92 Å². The molecule has 1 aliphatic carbocycles. The van der Waals surface area contributed by atoms with Crippen molar-refractivity contribution in [3.63, 3.8) is 0 Å². The Balaban J connectivity index is 2.63. The SMILES string of the molecule is CCOC(=O)C1(C(=O)OCC)C[C@H](CBr)[C@](CS(=O)(=O)c2ccc(C)cc2)(C(=O)OC)C1. The molecular weight excluding hydrogens is 504 g/mol. The number of carbonyl (C=O) groups excluding carboxylic acids is 3. The van der Waals surface area contributed by atoms with Crippen molar-refractivity contribution in [3.05, 3.63) is 29.8 Å². The summed E-state index contributed by atoms with van der Waals surface area (Å²) in [5, 5.41) is 0.173. The lowest BCUT2D eigenvalue weighted by atomic mass is 9.78. The molecule has 0 amide bonds. The summed E-state index contributed by atoms with van der Waals surface area (Å²) in [6.45, 7) is 5.07. The summed E-state index contributed by atoms with van der Waals surface area (Å²) >= 11 is 3.34. The number of esters is 3. The molecule has 0 heterocycles. The summed E-state index contributed by atoms with van der Waals surface area (Å²) in [5.74, 6) is -3.77. The highest BCUT2D eigenvalue weighted by atomic mass is 79.9. The normalized spacial score (nSPS) is 22.2. The van der Waals surface area contributed by atoms with Gasteiger partial charge in [0.1, 0.15) is 0 Å². The number of aryl methyl sites for hydroxylation is 1. The van der Waals surface area contributed by atoms with Gasteiger partial charge in [-0.15, -0.1) is 0 Å². The third-order valence-electron chi connectivity index (χ3n) is 5.93. The van der Waals surface area contributed by atoms with E-state index in [1.54, 1.807) is 26.0 Å². The number of hydrogen-bond donors (Lipinski definition) is 0. The molecule has 0 N–H and O–H groups in total. The number of ether oxygens (including phenoxy) is 3. The lowest BCUT2D eigenvalue weighted by Gasteiger charge is -2.32. The Morgan fingerprint density at radius 3 is 2.00 bits per heavy atom. The standard InChI is InChI=1S/C22H29BrO8S/c1-5-30-19(25)21(20(26)31-6-2)11-16(12-23)22(13-21,18(24)29-4)14-32(27,28)17-9-7-15(3)8-10-17/h7-10,16H,5-6,11-14H2,1-4H3/t16-,22+/m1/s1. The fraction of sp³-hybridized carbons (Fsp3) is 0.591. The van der Waals surface area contributed by atoms with E-state index < -0.39 is 50.2 Å². The number of halogens is 1. The van der Waals surface area contributed by atoms with Crippen LogP contribution in [0.4, 0.5) is 0 Å². The first-order chi connectivity index (χ1) is 15.0. The van der Waals surface area contributed by atoms with E-state index in [0.717, 1.165) is 12.7 Å². The molecule has 1 aliphatic rings. The molecule has 2 rings (SSSR count). The minimum atomic E-state index is -3.97. The number of benzene rings is 1. The van der Waals surface area contributed by atoms with Crippen LogP contribution in [0.2, 0.25) is 0 Å². The van der Waals surface area contributed by atoms with E-state index in [-0.39, 0.29) is 36.3 Å². The topological polar surface area (TPSA) is 113 Å². The number of rotatable bonds is 9. The van der Waals surface area contributed by atoms with Crippen molar-refractivity contribution in [2.75, 3.05) is 31.4 Å². The van der Waals surface area contributed by atoms with E-state index in [4.69, 9.17) is 14.2 Å². The second-order valence-corrected chi connectivity index (χ2v) is 10.6. The molecule has 0 saturated heterocycles. The number of methoxy groups -OCH3 is 1. The highest BCUT2D eigenvalue weighted by Crippen LogP contribution is 2.57. The zero-order chi connectivity index (χ0) is 24.2. The maximum Gasteiger partial charge on any atom is 0.323 e. The predicted molar refractivity (Wildman–Crippen MR) is 120 cm³/mol. The first-order valence-electron chi connectivity index (χ1n) is 10.3. The summed E-state index contributed by atoms with van der Waals surface area (Å²) in [7, 11) is -2.81. The van der Waals surface area contributed by atoms with Gasteiger partial charge < -0.3 is 14.2 Å². The number of carbonyl (C=O) groups is 3. The van der Waals surface area contributed by atoms with Crippen molar-refractivity contribution in [2.45, 2.75) is 38.5 Å². The van der Waals surface area contributed by atoms with Crippen molar-refractivity contribution in [1.29, 1.82) is 0 Å². The quantitative estimate of drug-likeness (QED) is 0.206. The smallest absolute Gasteiger partial charge is 0.323 e. The lowest BCUT2D eigenvalue weighted by molar-refractivity contribution is -0.172. The molecule has 32 heavy (non-hydrogen) atoms. The van der Waals surface area contributed by atoms with Gasteiger partial charge in [-0.1, -0.05) is 33.6 Å². The van der Waals surface area contributed by atoms with Crippen LogP contribution in [0.1, 0.15) is 32.3 Å². The first kappa shape index (κ1) is 26.3.